The van der Waals surface area contributed by atoms with Crippen molar-refractivity contribution in [3.8, 4) is 5.75 Å². The summed E-state index contributed by atoms with van der Waals surface area (Å²) in [4.78, 5) is 11.1. The zero-order chi connectivity index (χ0) is 12.7. The first-order chi connectivity index (χ1) is 8.17. The third kappa shape index (κ3) is 4.31. The third-order valence-electron chi connectivity index (χ3n) is 2.51. The minimum atomic E-state index is -0.846. The van der Waals surface area contributed by atoms with E-state index < -0.39 is 5.97 Å². The second-order valence-electron chi connectivity index (χ2n) is 3.85. The van der Waals surface area contributed by atoms with E-state index in [0.717, 1.165) is 24.2 Å². The standard InChI is InChI=1S/C14H18O3/c1-3-4-7-12(14(15)16)9-11-6-5-8-13(10-11)17-2/h5-6,8-10H,3-4,7H2,1-2H3,(H,15,16)/b12-9-. The third-order valence-corrected chi connectivity index (χ3v) is 2.51. The van der Waals surface area contributed by atoms with Crippen LogP contribution in [0.5, 0.6) is 5.75 Å². The van der Waals surface area contributed by atoms with Gasteiger partial charge in [-0.25, -0.2) is 4.79 Å². The maximum Gasteiger partial charge on any atom is 0.331 e. The van der Waals surface area contributed by atoms with E-state index in [1.54, 1.807) is 13.2 Å². The Labute approximate surface area is 102 Å². The Morgan fingerprint density at radius 2 is 2.24 bits per heavy atom. The van der Waals surface area contributed by atoms with Gasteiger partial charge in [-0.2, -0.15) is 0 Å². The van der Waals surface area contributed by atoms with Crippen LogP contribution in [0.15, 0.2) is 29.8 Å². The Bertz CT molecular complexity index is 408. The molecule has 0 unspecified atom stereocenters. The van der Waals surface area contributed by atoms with Gasteiger partial charge >= 0.3 is 5.97 Å². The molecule has 0 saturated heterocycles. The molecule has 0 heterocycles. The molecule has 1 N–H and O–H groups in total. The quantitative estimate of drug-likeness (QED) is 0.768. The van der Waals surface area contributed by atoms with Gasteiger partial charge in [-0.05, 0) is 36.6 Å². The molecule has 0 spiro atoms. The molecule has 0 aliphatic heterocycles. The summed E-state index contributed by atoms with van der Waals surface area (Å²) in [6, 6.07) is 7.39. The van der Waals surface area contributed by atoms with Crippen LogP contribution in [0.2, 0.25) is 0 Å². The Hall–Kier alpha value is -1.77. The highest BCUT2D eigenvalue weighted by atomic mass is 16.5. The summed E-state index contributed by atoms with van der Waals surface area (Å²) in [5.41, 5.74) is 1.30. The van der Waals surface area contributed by atoms with Crippen LogP contribution in [0, 0.1) is 0 Å². The number of hydrogen-bond acceptors (Lipinski definition) is 2. The first-order valence-electron chi connectivity index (χ1n) is 5.75. The van der Waals surface area contributed by atoms with E-state index in [9.17, 15) is 4.79 Å². The van der Waals surface area contributed by atoms with Crippen LogP contribution in [0.1, 0.15) is 31.7 Å². The normalized spacial score (nSPS) is 11.3. The zero-order valence-electron chi connectivity index (χ0n) is 10.3. The summed E-state index contributed by atoms with van der Waals surface area (Å²) in [5, 5.41) is 9.09. The Morgan fingerprint density at radius 1 is 1.47 bits per heavy atom. The highest BCUT2D eigenvalue weighted by Crippen LogP contribution is 2.17. The van der Waals surface area contributed by atoms with Crippen molar-refractivity contribution in [3.63, 3.8) is 0 Å². The summed E-state index contributed by atoms with van der Waals surface area (Å²) in [6.07, 6.45) is 4.19. The molecule has 0 fully saturated rings. The molecule has 0 aliphatic rings. The van der Waals surface area contributed by atoms with E-state index >= 15 is 0 Å². The summed E-state index contributed by atoms with van der Waals surface area (Å²) in [6.45, 7) is 2.05. The molecule has 0 amide bonds. The van der Waals surface area contributed by atoms with Crippen molar-refractivity contribution >= 4 is 12.0 Å². The molecule has 1 rings (SSSR count). The van der Waals surface area contributed by atoms with Gasteiger partial charge in [-0.3, -0.25) is 0 Å². The molecule has 3 heteroatoms. The molecule has 17 heavy (non-hydrogen) atoms. The highest BCUT2D eigenvalue weighted by molar-refractivity contribution is 5.92. The Kier molecular flexibility index (Phi) is 5.27. The fourth-order valence-electron chi connectivity index (χ4n) is 1.54. The van der Waals surface area contributed by atoms with Gasteiger partial charge in [0, 0.05) is 5.57 Å². The maximum atomic E-state index is 11.1. The number of carboxylic acids is 1. The Morgan fingerprint density at radius 3 is 2.82 bits per heavy atom. The Balaban J connectivity index is 2.91. The predicted molar refractivity (Wildman–Crippen MR) is 68.1 cm³/mol. The molecule has 0 atom stereocenters. The lowest BCUT2D eigenvalue weighted by atomic mass is 10.1. The van der Waals surface area contributed by atoms with Crippen LogP contribution in [-0.2, 0) is 4.79 Å². The number of hydrogen-bond donors (Lipinski definition) is 1. The van der Waals surface area contributed by atoms with Crippen LogP contribution < -0.4 is 4.74 Å². The average molecular weight is 234 g/mol. The van der Waals surface area contributed by atoms with Gasteiger partial charge in [0.05, 0.1) is 7.11 Å². The van der Waals surface area contributed by atoms with E-state index in [-0.39, 0.29) is 0 Å². The number of unbranched alkanes of at least 4 members (excludes halogenated alkanes) is 1. The van der Waals surface area contributed by atoms with Crippen LogP contribution in [0.4, 0.5) is 0 Å². The van der Waals surface area contributed by atoms with Crippen molar-refractivity contribution in [2.75, 3.05) is 7.11 Å². The molecule has 0 saturated carbocycles. The van der Waals surface area contributed by atoms with Crippen molar-refractivity contribution < 1.29 is 14.6 Å². The summed E-state index contributed by atoms with van der Waals surface area (Å²) < 4.78 is 5.10. The molecule has 0 aliphatic carbocycles. The van der Waals surface area contributed by atoms with E-state index in [1.165, 1.54) is 0 Å². The van der Waals surface area contributed by atoms with Crippen LogP contribution >= 0.6 is 0 Å². The number of benzene rings is 1. The fraction of sp³-hybridized carbons (Fsp3) is 0.357. The lowest BCUT2D eigenvalue weighted by Gasteiger charge is -2.03. The van der Waals surface area contributed by atoms with Crippen molar-refractivity contribution in [2.24, 2.45) is 0 Å². The lowest BCUT2D eigenvalue weighted by Crippen LogP contribution is -2.00. The molecule has 92 valence electrons. The molecule has 1 aromatic rings. The molecule has 0 radical (unpaired) electrons. The van der Waals surface area contributed by atoms with Crippen molar-refractivity contribution in [1.29, 1.82) is 0 Å². The van der Waals surface area contributed by atoms with Gasteiger partial charge in [0.1, 0.15) is 5.75 Å². The number of methoxy groups -OCH3 is 1. The van der Waals surface area contributed by atoms with Gasteiger partial charge in [0.2, 0.25) is 0 Å². The van der Waals surface area contributed by atoms with Gasteiger partial charge in [0.25, 0.3) is 0 Å². The molecular weight excluding hydrogens is 216 g/mol. The van der Waals surface area contributed by atoms with Gasteiger partial charge < -0.3 is 9.84 Å². The van der Waals surface area contributed by atoms with Crippen molar-refractivity contribution in [2.45, 2.75) is 26.2 Å². The second-order valence-corrected chi connectivity index (χ2v) is 3.85. The van der Waals surface area contributed by atoms with Crippen LogP contribution in [0.3, 0.4) is 0 Å². The number of carboxylic acid groups (broad SMARTS) is 1. The van der Waals surface area contributed by atoms with Gasteiger partial charge in [0.15, 0.2) is 0 Å². The molecule has 0 bridgehead atoms. The largest absolute Gasteiger partial charge is 0.497 e. The zero-order valence-corrected chi connectivity index (χ0v) is 10.3. The van der Waals surface area contributed by atoms with Crippen LogP contribution in [-0.4, -0.2) is 18.2 Å². The smallest absolute Gasteiger partial charge is 0.331 e. The molecule has 0 aromatic heterocycles. The van der Waals surface area contributed by atoms with Gasteiger partial charge in [-0.15, -0.1) is 0 Å². The second kappa shape index (κ2) is 6.74. The van der Waals surface area contributed by atoms with Gasteiger partial charge in [-0.1, -0.05) is 25.5 Å². The first-order valence-corrected chi connectivity index (χ1v) is 5.75. The highest BCUT2D eigenvalue weighted by Gasteiger charge is 2.06. The molecular formula is C14H18O3. The average Bonchev–Trinajstić information content (AvgIpc) is 2.34. The summed E-state index contributed by atoms with van der Waals surface area (Å²) >= 11 is 0. The predicted octanol–water partition coefficient (Wildman–Crippen LogP) is 3.35. The van der Waals surface area contributed by atoms with E-state index in [2.05, 4.69) is 0 Å². The number of rotatable bonds is 6. The summed E-state index contributed by atoms with van der Waals surface area (Å²) in [7, 11) is 1.60. The fourth-order valence-corrected chi connectivity index (χ4v) is 1.54. The van der Waals surface area contributed by atoms with Crippen LogP contribution in [0.25, 0.3) is 6.08 Å². The first kappa shape index (κ1) is 13.3. The van der Waals surface area contributed by atoms with E-state index in [1.807, 2.05) is 31.2 Å². The SMILES string of the molecule is CCCC/C(=C/c1cccc(OC)c1)C(=O)O. The lowest BCUT2D eigenvalue weighted by molar-refractivity contribution is -0.132. The van der Waals surface area contributed by atoms with Crippen molar-refractivity contribution in [3.05, 3.63) is 35.4 Å². The minimum absolute atomic E-state index is 0.445. The summed E-state index contributed by atoms with van der Waals surface area (Å²) in [5.74, 6) is -0.111. The monoisotopic (exact) mass is 234 g/mol. The minimum Gasteiger partial charge on any atom is -0.497 e. The number of aliphatic carboxylic acids is 1. The maximum absolute atomic E-state index is 11.1. The molecule has 3 nitrogen and oxygen atoms in total. The van der Waals surface area contributed by atoms with E-state index in [4.69, 9.17) is 9.84 Å². The molecule has 1 aromatic carbocycles. The number of ether oxygens (including phenoxy) is 1. The topological polar surface area (TPSA) is 46.5 Å². The van der Waals surface area contributed by atoms with E-state index in [0.29, 0.717) is 12.0 Å². The van der Waals surface area contributed by atoms with Crippen molar-refractivity contribution in [1.82, 2.24) is 0 Å². The number of carbonyl (C=O) groups is 1.